The number of fused-ring (bicyclic) bond motifs is 2. The number of benzene rings is 8. The zero-order valence-corrected chi connectivity index (χ0v) is 26.7. The van der Waals surface area contributed by atoms with E-state index in [0.29, 0.717) is 0 Å². The highest BCUT2D eigenvalue weighted by Crippen LogP contribution is 2.40. The monoisotopic (exact) mass is 601 g/mol. The average Bonchev–Trinajstić information content (AvgIpc) is 3.11. The second kappa shape index (κ2) is 12.1. The van der Waals surface area contributed by atoms with Crippen molar-refractivity contribution in [1.82, 2.24) is 0 Å². The van der Waals surface area contributed by atoms with E-state index in [0.717, 1.165) is 17.1 Å². The normalized spacial score (nSPS) is 11.2. The summed E-state index contributed by atoms with van der Waals surface area (Å²) in [5.41, 5.74) is 13.3. The van der Waals surface area contributed by atoms with Crippen molar-refractivity contribution in [2.75, 3.05) is 4.90 Å². The largest absolute Gasteiger partial charge is 0.310 e. The lowest BCUT2D eigenvalue weighted by Crippen LogP contribution is -2.10. The second-order valence-corrected chi connectivity index (χ2v) is 12.4. The van der Waals surface area contributed by atoms with Crippen molar-refractivity contribution in [3.63, 3.8) is 0 Å². The molecule has 0 aliphatic carbocycles. The molecule has 8 aromatic rings. The Kier molecular flexibility index (Phi) is 7.36. The second-order valence-electron chi connectivity index (χ2n) is 12.4. The van der Waals surface area contributed by atoms with Gasteiger partial charge < -0.3 is 4.90 Å². The maximum atomic E-state index is 2.37. The molecule has 0 aliphatic rings. The van der Waals surface area contributed by atoms with E-state index in [1.807, 2.05) is 0 Å². The summed E-state index contributed by atoms with van der Waals surface area (Å²) in [4.78, 5) is 2.36. The molecule has 47 heavy (non-hydrogen) atoms. The van der Waals surface area contributed by atoms with Gasteiger partial charge >= 0.3 is 0 Å². The van der Waals surface area contributed by atoms with Gasteiger partial charge in [-0.3, -0.25) is 0 Å². The lowest BCUT2D eigenvalue weighted by Gasteiger charge is -2.26. The van der Waals surface area contributed by atoms with Gasteiger partial charge in [0.2, 0.25) is 0 Å². The fourth-order valence-electron chi connectivity index (χ4n) is 6.85. The van der Waals surface area contributed by atoms with Gasteiger partial charge in [-0.25, -0.2) is 0 Å². The first-order valence-electron chi connectivity index (χ1n) is 16.3. The third-order valence-electron chi connectivity index (χ3n) is 9.10. The van der Waals surface area contributed by atoms with Crippen LogP contribution in [0.4, 0.5) is 17.1 Å². The van der Waals surface area contributed by atoms with E-state index in [-0.39, 0.29) is 0 Å². The molecule has 0 aliphatic heterocycles. The van der Waals surface area contributed by atoms with Crippen molar-refractivity contribution in [3.8, 4) is 33.4 Å². The molecule has 8 aromatic carbocycles. The maximum absolute atomic E-state index is 2.37. The van der Waals surface area contributed by atoms with Gasteiger partial charge in [-0.2, -0.15) is 0 Å². The van der Waals surface area contributed by atoms with Gasteiger partial charge in [0.05, 0.1) is 0 Å². The molecule has 0 heterocycles. The first-order chi connectivity index (χ1) is 23.1. The highest BCUT2D eigenvalue weighted by molar-refractivity contribution is 6.09. The molecule has 1 nitrogen and oxygen atoms in total. The van der Waals surface area contributed by atoms with Crippen LogP contribution in [-0.2, 0) is 0 Å². The Morgan fingerprint density at radius 1 is 0.319 bits per heavy atom. The SMILES string of the molecule is Cc1cccc(N(c2cccc(C)c2)c2cccc(-c3cccc4cc5c(-c6cccc(-c7ccccc7)c6)cccc5cc34)c2)c1. The highest BCUT2D eigenvalue weighted by Gasteiger charge is 2.15. The lowest BCUT2D eigenvalue weighted by molar-refractivity contribution is 1.26. The molecule has 0 saturated heterocycles. The van der Waals surface area contributed by atoms with E-state index in [4.69, 9.17) is 0 Å². The summed E-state index contributed by atoms with van der Waals surface area (Å²) >= 11 is 0. The van der Waals surface area contributed by atoms with Crippen molar-refractivity contribution in [1.29, 1.82) is 0 Å². The molecular formula is C46H35N. The van der Waals surface area contributed by atoms with Crippen LogP contribution in [-0.4, -0.2) is 0 Å². The van der Waals surface area contributed by atoms with Gasteiger partial charge in [0, 0.05) is 17.1 Å². The van der Waals surface area contributed by atoms with Gasteiger partial charge in [-0.15, -0.1) is 0 Å². The molecule has 0 atom stereocenters. The van der Waals surface area contributed by atoms with Crippen LogP contribution in [0.25, 0.3) is 54.9 Å². The van der Waals surface area contributed by atoms with Crippen LogP contribution in [0.2, 0.25) is 0 Å². The predicted molar refractivity (Wildman–Crippen MR) is 202 cm³/mol. The minimum atomic E-state index is 1.14. The fraction of sp³-hybridized carbons (Fsp3) is 0.0435. The molecule has 0 aromatic heterocycles. The van der Waals surface area contributed by atoms with Crippen LogP contribution >= 0.6 is 0 Å². The van der Waals surface area contributed by atoms with Crippen molar-refractivity contribution >= 4 is 38.6 Å². The minimum Gasteiger partial charge on any atom is -0.310 e. The van der Waals surface area contributed by atoms with E-state index in [2.05, 4.69) is 195 Å². The third-order valence-corrected chi connectivity index (χ3v) is 9.10. The van der Waals surface area contributed by atoms with E-state index in [1.54, 1.807) is 0 Å². The van der Waals surface area contributed by atoms with Crippen LogP contribution in [0.5, 0.6) is 0 Å². The molecule has 0 radical (unpaired) electrons. The zero-order chi connectivity index (χ0) is 31.7. The molecule has 8 rings (SSSR count). The molecule has 0 bridgehead atoms. The van der Waals surface area contributed by atoms with Crippen LogP contribution in [0.15, 0.2) is 176 Å². The minimum absolute atomic E-state index is 1.14. The molecule has 0 spiro atoms. The Balaban J connectivity index is 1.25. The zero-order valence-electron chi connectivity index (χ0n) is 26.7. The van der Waals surface area contributed by atoms with Crippen molar-refractivity contribution in [2.45, 2.75) is 13.8 Å². The Morgan fingerprint density at radius 3 is 1.34 bits per heavy atom. The highest BCUT2D eigenvalue weighted by atomic mass is 15.1. The molecule has 0 N–H and O–H groups in total. The molecule has 0 amide bonds. The molecular weight excluding hydrogens is 567 g/mol. The summed E-state index contributed by atoms with van der Waals surface area (Å²) in [6, 6.07) is 64.0. The standard InChI is InChI=1S/C46H35N/c1-32-12-6-21-40(26-32)47(41-22-7-13-33(2)27-41)42-23-9-18-37(29-42)44-25-11-20-39-30-45-38(31-46(39)44)19-10-24-43(45)36-17-8-16-35(28-36)34-14-4-3-5-15-34/h3-31H,1-2H3. The number of hydrogen-bond acceptors (Lipinski definition) is 1. The van der Waals surface area contributed by atoms with E-state index in [9.17, 15) is 0 Å². The molecule has 1 heteroatoms. The lowest BCUT2D eigenvalue weighted by atomic mass is 9.91. The molecule has 0 fully saturated rings. The Morgan fingerprint density at radius 2 is 0.766 bits per heavy atom. The third kappa shape index (κ3) is 5.58. The Labute approximate surface area is 277 Å². The van der Waals surface area contributed by atoms with E-state index in [1.165, 1.54) is 66.1 Å². The number of aryl methyl sites for hydroxylation is 2. The number of nitrogens with zero attached hydrogens (tertiary/aromatic N) is 1. The van der Waals surface area contributed by atoms with Gasteiger partial charge in [-0.05, 0) is 134 Å². The number of rotatable bonds is 6. The van der Waals surface area contributed by atoms with Gasteiger partial charge in [0.25, 0.3) is 0 Å². The average molecular weight is 602 g/mol. The van der Waals surface area contributed by atoms with Gasteiger partial charge in [-0.1, -0.05) is 121 Å². The first-order valence-corrected chi connectivity index (χ1v) is 16.3. The van der Waals surface area contributed by atoms with Crippen LogP contribution in [0.3, 0.4) is 0 Å². The van der Waals surface area contributed by atoms with Crippen LogP contribution < -0.4 is 4.90 Å². The van der Waals surface area contributed by atoms with Crippen molar-refractivity contribution < 1.29 is 0 Å². The Bertz CT molecular complexity index is 2340. The van der Waals surface area contributed by atoms with Gasteiger partial charge in [0.15, 0.2) is 0 Å². The molecule has 0 unspecified atom stereocenters. The summed E-state index contributed by atoms with van der Waals surface area (Å²) < 4.78 is 0. The topological polar surface area (TPSA) is 3.24 Å². The number of anilines is 3. The van der Waals surface area contributed by atoms with E-state index < -0.39 is 0 Å². The van der Waals surface area contributed by atoms with Crippen molar-refractivity contribution in [2.24, 2.45) is 0 Å². The summed E-state index contributed by atoms with van der Waals surface area (Å²) in [5.74, 6) is 0. The predicted octanol–water partition coefficient (Wildman–Crippen LogP) is 13.1. The fourth-order valence-corrected chi connectivity index (χ4v) is 6.85. The van der Waals surface area contributed by atoms with Crippen LogP contribution in [0.1, 0.15) is 11.1 Å². The smallest absolute Gasteiger partial charge is 0.0467 e. The molecule has 224 valence electrons. The summed E-state index contributed by atoms with van der Waals surface area (Å²) in [6.45, 7) is 4.31. The quantitative estimate of drug-likeness (QED) is 0.171. The van der Waals surface area contributed by atoms with Crippen molar-refractivity contribution in [3.05, 3.63) is 187 Å². The summed E-state index contributed by atoms with van der Waals surface area (Å²) in [7, 11) is 0. The summed E-state index contributed by atoms with van der Waals surface area (Å²) in [6.07, 6.45) is 0. The first kappa shape index (κ1) is 28.5. The van der Waals surface area contributed by atoms with E-state index >= 15 is 0 Å². The van der Waals surface area contributed by atoms with Crippen LogP contribution in [0, 0.1) is 13.8 Å². The Hall–Kier alpha value is -5.92. The summed E-state index contributed by atoms with van der Waals surface area (Å²) in [5, 5.41) is 5.00. The van der Waals surface area contributed by atoms with Gasteiger partial charge in [0.1, 0.15) is 0 Å². The number of hydrogen-bond donors (Lipinski definition) is 0. The maximum Gasteiger partial charge on any atom is 0.0467 e. The molecule has 0 saturated carbocycles.